The van der Waals surface area contributed by atoms with Crippen LogP contribution in [0.4, 0.5) is 4.79 Å². The molecule has 0 fully saturated rings. The van der Waals surface area contributed by atoms with Crippen LogP contribution in [0.3, 0.4) is 0 Å². The molecule has 0 aliphatic rings. The fourth-order valence-corrected chi connectivity index (χ4v) is 3.57. The van der Waals surface area contributed by atoms with Gasteiger partial charge in [0.15, 0.2) is 5.65 Å². The molecule has 2 amide bonds. The third-order valence-corrected chi connectivity index (χ3v) is 4.98. The predicted molar refractivity (Wildman–Crippen MR) is 128 cm³/mol. The Kier molecular flexibility index (Phi) is 6.32. The molecule has 1 aromatic carbocycles. The van der Waals surface area contributed by atoms with Gasteiger partial charge < -0.3 is 15.8 Å². The van der Waals surface area contributed by atoms with E-state index in [0.717, 1.165) is 17.4 Å². The number of pyridine rings is 1. The Morgan fingerprint density at radius 3 is 2.57 bits per heavy atom. The molecule has 180 valence electrons. The van der Waals surface area contributed by atoms with Crippen molar-refractivity contribution in [3.63, 3.8) is 0 Å². The van der Waals surface area contributed by atoms with E-state index in [1.54, 1.807) is 68.3 Å². The topological polar surface area (TPSA) is 147 Å². The molecule has 35 heavy (non-hydrogen) atoms. The minimum atomic E-state index is -0.645. The van der Waals surface area contributed by atoms with E-state index in [-0.39, 0.29) is 13.1 Å². The van der Waals surface area contributed by atoms with Crippen LogP contribution in [0.5, 0.6) is 0 Å². The molecule has 0 aliphatic heterocycles. The molecule has 0 aliphatic carbocycles. The largest absolute Gasteiger partial charge is 0.444 e. The van der Waals surface area contributed by atoms with Crippen LogP contribution in [0, 0.1) is 0 Å². The molecule has 3 N–H and O–H groups in total. The summed E-state index contributed by atoms with van der Waals surface area (Å²) >= 11 is 0. The number of hydrogen-bond donors (Lipinski definition) is 2. The fourth-order valence-electron chi connectivity index (χ4n) is 3.57. The van der Waals surface area contributed by atoms with E-state index in [4.69, 9.17) is 15.6 Å². The van der Waals surface area contributed by atoms with Gasteiger partial charge in [0.05, 0.1) is 29.5 Å². The normalized spacial score (nSPS) is 11.4. The lowest BCUT2D eigenvalue weighted by molar-refractivity contribution is -0.118. The summed E-state index contributed by atoms with van der Waals surface area (Å²) in [4.78, 5) is 39.2. The van der Waals surface area contributed by atoms with Crippen molar-refractivity contribution in [2.45, 2.75) is 39.5 Å². The van der Waals surface area contributed by atoms with Crippen LogP contribution in [0.25, 0.3) is 27.8 Å². The summed E-state index contributed by atoms with van der Waals surface area (Å²) in [7, 11) is 0. The number of carbonyl (C=O) groups excluding carboxylic acids is 3. The van der Waals surface area contributed by atoms with Gasteiger partial charge >= 0.3 is 6.09 Å². The summed E-state index contributed by atoms with van der Waals surface area (Å²) in [5.74, 6) is -0.506. The van der Waals surface area contributed by atoms with Gasteiger partial charge in [0.1, 0.15) is 18.4 Å². The van der Waals surface area contributed by atoms with Crippen molar-refractivity contribution in [3.8, 4) is 16.8 Å². The second-order valence-corrected chi connectivity index (χ2v) is 8.87. The second kappa shape index (κ2) is 9.37. The van der Waals surface area contributed by atoms with Gasteiger partial charge in [-0.1, -0.05) is 0 Å². The summed E-state index contributed by atoms with van der Waals surface area (Å²) in [5.41, 5.74) is 8.47. The first-order valence-electron chi connectivity index (χ1n) is 10.8. The van der Waals surface area contributed by atoms with E-state index in [0.29, 0.717) is 28.0 Å². The van der Waals surface area contributed by atoms with Crippen LogP contribution in [0.1, 0.15) is 36.8 Å². The third kappa shape index (κ3) is 5.35. The van der Waals surface area contributed by atoms with Crippen molar-refractivity contribution >= 4 is 29.3 Å². The van der Waals surface area contributed by atoms with Gasteiger partial charge in [-0.15, -0.1) is 0 Å². The van der Waals surface area contributed by atoms with Crippen LogP contribution < -0.4 is 11.1 Å². The standard InChI is InChI=1S/C24H25N7O4/c1-24(2,3)35-23(34)27-11-19-21-18(16-10-28-30(12-16)13-20(25)33)8-9-26-22(21)31(29-19)17-6-4-15(14-32)5-7-17/h4-10,12,14H,11,13H2,1-3H3,(H2,25,33)(H,27,34). The zero-order chi connectivity index (χ0) is 25.2. The number of hydrogen-bond acceptors (Lipinski definition) is 7. The lowest BCUT2D eigenvalue weighted by Gasteiger charge is -2.19. The number of nitrogens with zero attached hydrogens (tertiary/aromatic N) is 5. The van der Waals surface area contributed by atoms with Crippen molar-refractivity contribution in [2.24, 2.45) is 5.73 Å². The molecule has 11 heteroatoms. The maximum Gasteiger partial charge on any atom is 0.407 e. The van der Waals surface area contributed by atoms with Crippen molar-refractivity contribution in [1.82, 2.24) is 29.9 Å². The first kappa shape index (κ1) is 23.6. The zero-order valence-electron chi connectivity index (χ0n) is 19.6. The molecule has 0 unspecified atom stereocenters. The summed E-state index contributed by atoms with van der Waals surface area (Å²) in [6.45, 7) is 5.38. The first-order chi connectivity index (χ1) is 16.6. The van der Waals surface area contributed by atoms with Gasteiger partial charge in [0.25, 0.3) is 0 Å². The van der Waals surface area contributed by atoms with E-state index >= 15 is 0 Å². The van der Waals surface area contributed by atoms with Gasteiger partial charge in [-0.25, -0.2) is 14.5 Å². The quantitative estimate of drug-likeness (QED) is 0.391. The summed E-state index contributed by atoms with van der Waals surface area (Å²) in [6.07, 6.45) is 5.17. The van der Waals surface area contributed by atoms with Crippen LogP contribution in [0.2, 0.25) is 0 Å². The molecule has 0 atom stereocenters. The van der Waals surface area contributed by atoms with Crippen LogP contribution in [-0.2, 0) is 22.6 Å². The van der Waals surface area contributed by atoms with E-state index < -0.39 is 17.6 Å². The van der Waals surface area contributed by atoms with Gasteiger partial charge in [0.2, 0.25) is 5.91 Å². The minimum Gasteiger partial charge on any atom is -0.444 e. The van der Waals surface area contributed by atoms with Gasteiger partial charge in [-0.3, -0.25) is 14.3 Å². The van der Waals surface area contributed by atoms with Gasteiger partial charge in [0, 0.05) is 23.5 Å². The number of aldehydes is 1. The highest BCUT2D eigenvalue weighted by Crippen LogP contribution is 2.31. The minimum absolute atomic E-state index is 0.0520. The monoisotopic (exact) mass is 475 g/mol. The number of fused-ring (bicyclic) bond motifs is 1. The molecule has 4 rings (SSSR count). The van der Waals surface area contributed by atoms with Crippen molar-refractivity contribution < 1.29 is 19.1 Å². The van der Waals surface area contributed by atoms with Crippen molar-refractivity contribution in [1.29, 1.82) is 0 Å². The number of ether oxygens (including phenoxy) is 1. The highest BCUT2D eigenvalue weighted by molar-refractivity contribution is 5.95. The van der Waals surface area contributed by atoms with Crippen LogP contribution in [0.15, 0.2) is 48.9 Å². The first-order valence-corrected chi connectivity index (χ1v) is 10.8. The molecule has 0 saturated heterocycles. The number of aromatic nitrogens is 5. The molecule has 0 radical (unpaired) electrons. The molecule has 0 saturated carbocycles. The number of rotatable bonds is 7. The van der Waals surface area contributed by atoms with Crippen molar-refractivity contribution in [3.05, 3.63) is 60.2 Å². The Morgan fingerprint density at radius 1 is 1.17 bits per heavy atom. The van der Waals surface area contributed by atoms with Crippen LogP contribution in [-0.4, -0.2) is 48.4 Å². The van der Waals surface area contributed by atoms with E-state index in [1.165, 1.54) is 4.68 Å². The third-order valence-electron chi connectivity index (χ3n) is 4.98. The van der Waals surface area contributed by atoms with E-state index in [2.05, 4.69) is 15.4 Å². The lowest BCUT2D eigenvalue weighted by atomic mass is 10.1. The Bertz CT molecular complexity index is 1400. The van der Waals surface area contributed by atoms with E-state index in [1.807, 2.05) is 6.07 Å². The number of amides is 2. The molecular formula is C24H25N7O4. The smallest absolute Gasteiger partial charge is 0.407 e. The second-order valence-electron chi connectivity index (χ2n) is 8.87. The molecule has 3 aromatic heterocycles. The summed E-state index contributed by atoms with van der Waals surface area (Å²) < 4.78 is 8.45. The maximum atomic E-state index is 12.3. The SMILES string of the molecule is CC(C)(C)OC(=O)NCc1nn(-c2ccc(C=O)cc2)c2nccc(-c3cnn(CC(N)=O)c3)c12. The summed E-state index contributed by atoms with van der Waals surface area (Å²) in [6, 6.07) is 8.71. The average molecular weight is 476 g/mol. The van der Waals surface area contributed by atoms with Gasteiger partial charge in [-0.05, 0) is 56.7 Å². The molecule has 3 heterocycles. The Morgan fingerprint density at radius 2 is 1.91 bits per heavy atom. The number of carbonyl (C=O) groups is 3. The molecule has 11 nitrogen and oxygen atoms in total. The highest BCUT2D eigenvalue weighted by atomic mass is 16.6. The molecule has 4 aromatic rings. The number of nitrogens with one attached hydrogen (secondary N) is 1. The summed E-state index contributed by atoms with van der Waals surface area (Å²) in [5, 5.41) is 12.4. The Hall–Kier alpha value is -4.54. The number of nitrogens with two attached hydrogens (primary N) is 1. The van der Waals surface area contributed by atoms with Gasteiger partial charge in [-0.2, -0.15) is 10.2 Å². The number of benzene rings is 1. The fraction of sp³-hybridized carbons (Fsp3) is 0.250. The Balaban J connectivity index is 1.80. The maximum absolute atomic E-state index is 12.3. The molecule has 0 bridgehead atoms. The highest BCUT2D eigenvalue weighted by Gasteiger charge is 2.21. The van der Waals surface area contributed by atoms with E-state index in [9.17, 15) is 14.4 Å². The Labute approximate surface area is 200 Å². The average Bonchev–Trinajstić information content (AvgIpc) is 3.41. The van der Waals surface area contributed by atoms with Crippen molar-refractivity contribution in [2.75, 3.05) is 0 Å². The number of primary amides is 1. The molecular weight excluding hydrogens is 450 g/mol. The zero-order valence-corrected chi connectivity index (χ0v) is 19.6. The lowest BCUT2D eigenvalue weighted by Crippen LogP contribution is -2.32. The molecule has 0 spiro atoms. The van der Waals surface area contributed by atoms with Crippen LogP contribution >= 0.6 is 0 Å². The predicted octanol–water partition coefficient (Wildman–Crippen LogP) is 2.61. The number of alkyl carbamates (subject to hydrolysis) is 1.